The largest absolute Gasteiger partial charge is 0.366 e. The van der Waals surface area contributed by atoms with Crippen LogP contribution >= 0.6 is 0 Å². The number of aromatic nitrogens is 4. The van der Waals surface area contributed by atoms with Crippen LogP contribution in [0.4, 0.5) is 0 Å². The van der Waals surface area contributed by atoms with Crippen molar-refractivity contribution in [1.82, 2.24) is 25.1 Å². The monoisotopic (exact) mass is 468 g/mol. The molecule has 1 aliphatic carbocycles. The standard InChI is InChI=1S/C27H28N6O2/c28-26(35)23-13-6-12-22(18-15-29-30-16-18)25(23)27-32-20(17-33(27)21-10-2-1-3-11-21)9-5-14-24(34)31-19-7-4-8-19/h1-3,6,10-13,15-17,19H,4-5,7-9,14H2,(H2,28,35)(H,29,30)(H,31,34). The fourth-order valence-corrected chi connectivity index (χ4v) is 4.43. The van der Waals surface area contributed by atoms with E-state index in [1.54, 1.807) is 18.5 Å². The van der Waals surface area contributed by atoms with Crippen LogP contribution in [0.3, 0.4) is 0 Å². The maximum absolute atomic E-state index is 12.5. The van der Waals surface area contributed by atoms with E-state index >= 15 is 0 Å². The molecule has 2 aromatic heterocycles. The third-order valence-electron chi connectivity index (χ3n) is 6.46. The van der Waals surface area contributed by atoms with Crippen molar-refractivity contribution in [3.8, 4) is 28.2 Å². The number of benzene rings is 2. The number of aromatic amines is 1. The molecule has 4 N–H and O–H groups in total. The minimum absolute atomic E-state index is 0.0960. The summed E-state index contributed by atoms with van der Waals surface area (Å²) in [6.45, 7) is 0. The fraction of sp³-hybridized carbons (Fsp3) is 0.259. The van der Waals surface area contributed by atoms with Gasteiger partial charge in [-0.3, -0.25) is 19.3 Å². The van der Waals surface area contributed by atoms with Crippen molar-refractivity contribution in [2.45, 2.75) is 44.6 Å². The van der Waals surface area contributed by atoms with Crippen LogP contribution in [0.2, 0.25) is 0 Å². The second-order valence-corrected chi connectivity index (χ2v) is 8.89. The third-order valence-corrected chi connectivity index (χ3v) is 6.46. The second-order valence-electron chi connectivity index (χ2n) is 8.89. The summed E-state index contributed by atoms with van der Waals surface area (Å²) < 4.78 is 1.98. The molecule has 0 atom stereocenters. The molecule has 178 valence electrons. The Morgan fingerprint density at radius 2 is 1.94 bits per heavy atom. The van der Waals surface area contributed by atoms with E-state index < -0.39 is 5.91 Å². The Balaban J connectivity index is 1.52. The summed E-state index contributed by atoms with van der Waals surface area (Å²) in [6, 6.07) is 15.7. The highest BCUT2D eigenvalue weighted by Crippen LogP contribution is 2.35. The number of hydrogen-bond donors (Lipinski definition) is 3. The van der Waals surface area contributed by atoms with Crippen LogP contribution in [0.15, 0.2) is 67.1 Å². The zero-order chi connectivity index (χ0) is 24.2. The summed E-state index contributed by atoms with van der Waals surface area (Å²) in [5.74, 6) is 0.191. The predicted octanol–water partition coefficient (Wildman–Crippen LogP) is 4.02. The van der Waals surface area contributed by atoms with Crippen LogP contribution in [0, 0.1) is 0 Å². The zero-order valence-corrected chi connectivity index (χ0v) is 19.4. The Bertz CT molecular complexity index is 1320. The van der Waals surface area contributed by atoms with Crippen molar-refractivity contribution in [3.63, 3.8) is 0 Å². The molecule has 0 spiro atoms. The lowest BCUT2D eigenvalue weighted by Crippen LogP contribution is -2.39. The first-order chi connectivity index (χ1) is 17.1. The molecule has 1 fully saturated rings. The first kappa shape index (κ1) is 22.6. The Kier molecular flexibility index (Phi) is 6.43. The van der Waals surface area contributed by atoms with Gasteiger partial charge < -0.3 is 11.1 Å². The SMILES string of the molecule is NC(=O)c1cccc(-c2cn[nH]c2)c1-c1nc(CCCC(=O)NC2CCC2)cn1-c1ccccc1. The first-order valence-corrected chi connectivity index (χ1v) is 12.0. The van der Waals surface area contributed by atoms with E-state index in [-0.39, 0.29) is 5.91 Å². The molecule has 1 saturated carbocycles. The highest BCUT2D eigenvalue weighted by Gasteiger charge is 2.23. The van der Waals surface area contributed by atoms with E-state index in [0.717, 1.165) is 35.3 Å². The van der Waals surface area contributed by atoms with Gasteiger partial charge in [-0.2, -0.15) is 5.10 Å². The average molecular weight is 469 g/mol. The normalized spacial score (nSPS) is 13.4. The smallest absolute Gasteiger partial charge is 0.249 e. The summed E-state index contributed by atoms with van der Waals surface area (Å²) in [5, 5.41) is 10.0. The van der Waals surface area contributed by atoms with E-state index in [1.807, 2.05) is 53.2 Å². The number of primary amides is 1. The van der Waals surface area contributed by atoms with Crippen molar-refractivity contribution >= 4 is 11.8 Å². The van der Waals surface area contributed by atoms with E-state index in [2.05, 4.69) is 15.5 Å². The second kappa shape index (κ2) is 9.97. The Hall–Kier alpha value is -4.20. The molecule has 0 bridgehead atoms. The van der Waals surface area contributed by atoms with Gasteiger partial charge in [0.1, 0.15) is 5.82 Å². The summed E-state index contributed by atoms with van der Waals surface area (Å²) >= 11 is 0. The van der Waals surface area contributed by atoms with Crippen LogP contribution in [0.25, 0.3) is 28.2 Å². The first-order valence-electron chi connectivity index (χ1n) is 12.0. The van der Waals surface area contributed by atoms with E-state index in [9.17, 15) is 9.59 Å². The van der Waals surface area contributed by atoms with Gasteiger partial charge in [-0.15, -0.1) is 0 Å². The number of para-hydroxylation sites is 1. The van der Waals surface area contributed by atoms with Crippen molar-refractivity contribution in [2.24, 2.45) is 5.73 Å². The number of rotatable bonds is 9. The van der Waals surface area contributed by atoms with Gasteiger partial charge in [-0.1, -0.05) is 30.3 Å². The van der Waals surface area contributed by atoms with Gasteiger partial charge in [0.25, 0.3) is 0 Å². The van der Waals surface area contributed by atoms with Crippen LogP contribution in [0.5, 0.6) is 0 Å². The van der Waals surface area contributed by atoms with Gasteiger partial charge >= 0.3 is 0 Å². The highest BCUT2D eigenvalue weighted by molar-refractivity contribution is 6.03. The number of nitrogens with two attached hydrogens (primary N) is 1. The predicted molar refractivity (Wildman–Crippen MR) is 134 cm³/mol. The molecule has 8 nitrogen and oxygen atoms in total. The summed E-state index contributed by atoms with van der Waals surface area (Å²) in [7, 11) is 0. The van der Waals surface area contributed by atoms with E-state index in [4.69, 9.17) is 10.7 Å². The topological polar surface area (TPSA) is 119 Å². The minimum Gasteiger partial charge on any atom is -0.366 e. The molecule has 0 aliphatic heterocycles. The number of imidazole rings is 1. The zero-order valence-electron chi connectivity index (χ0n) is 19.4. The molecule has 0 unspecified atom stereocenters. The van der Waals surface area contributed by atoms with Crippen molar-refractivity contribution in [1.29, 1.82) is 0 Å². The molecule has 2 amide bonds. The lowest BCUT2D eigenvalue weighted by molar-refractivity contribution is -0.122. The number of hydrogen-bond acceptors (Lipinski definition) is 4. The van der Waals surface area contributed by atoms with Gasteiger partial charge in [-0.25, -0.2) is 4.98 Å². The maximum Gasteiger partial charge on any atom is 0.249 e. The molecule has 2 aromatic carbocycles. The number of nitrogens with zero attached hydrogens (tertiary/aromatic N) is 3. The Morgan fingerprint density at radius 3 is 2.63 bits per heavy atom. The average Bonchev–Trinajstić information content (AvgIpc) is 3.52. The molecule has 0 radical (unpaired) electrons. The molecule has 4 aromatic rings. The molecule has 0 saturated heterocycles. The van der Waals surface area contributed by atoms with Crippen LogP contribution in [-0.2, 0) is 11.2 Å². The molecule has 1 aliphatic rings. The number of H-pyrrole nitrogens is 1. The highest BCUT2D eigenvalue weighted by atomic mass is 16.2. The Labute approximate surface area is 203 Å². The van der Waals surface area contributed by atoms with E-state index in [1.165, 1.54) is 6.42 Å². The molecule has 8 heteroatoms. The van der Waals surface area contributed by atoms with Crippen molar-refractivity contribution in [2.75, 3.05) is 0 Å². The van der Waals surface area contributed by atoms with Gasteiger partial charge in [-0.05, 0) is 55.9 Å². The third kappa shape index (κ3) is 4.87. The molecular formula is C27H28N6O2. The Morgan fingerprint density at radius 1 is 1.11 bits per heavy atom. The summed E-state index contributed by atoms with van der Waals surface area (Å²) in [5.41, 5.74) is 10.2. The van der Waals surface area contributed by atoms with Crippen molar-refractivity contribution < 1.29 is 9.59 Å². The van der Waals surface area contributed by atoms with Crippen LogP contribution in [0.1, 0.15) is 48.2 Å². The quantitative estimate of drug-likeness (QED) is 0.344. The minimum atomic E-state index is -0.526. The van der Waals surface area contributed by atoms with Gasteiger partial charge in [0.05, 0.1) is 17.5 Å². The number of carbonyl (C=O) groups is 2. The number of amides is 2. The van der Waals surface area contributed by atoms with Gasteiger partial charge in [0, 0.05) is 41.7 Å². The maximum atomic E-state index is 12.5. The van der Waals surface area contributed by atoms with Crippen LogP contribution < -0.4 is 11.1 Å². The lowest BCUT2D eigenvalue weighted by atomic mass is 9.93. The summed E-state index contributed by atoms with van der Waals surface area (Å²) in [4.78, 5) is 29.7. The van der Waals surface area contributed by atoms with Crippen LogP contribution in [-0.4, -0.2) is 37.6 Å². The van der Waals surface area contributed by atoms with Gasteiger partial charge in [0.15, 0.2) is 0 Å². The van der Waals surface area contributed by atoms with Gasteiger partial charge in [0.2, 0.25) is 11.8 Å². The molecular weight excluding hydrogens is 440 g/mol. The fourth-order valence-electron chi connectivity index (χ4n) is 4.43. The van der Waals surface area contributed by atoms with Crippen molar-refractivity contribution in [3.05, 3.63) is 78.4 Å². The number of nitrogens with one attached hydrogen (secondary N) is 2. The number of aryl methyl sites for hydroxylation is 1. The lowest BCUT2D eigenvalue weighted by Gasteiger charge is -2.26. The number of carbonyl (C=O) groups excluding carboxylic acids is 2. The molecule has 2 heterocycles. The molecule has 5 rings (SSSR count). The van der Waals surface area contributed by atoms with E-state index in [0.29, 0.717) is 42.3 Å². The molecule has 35 heavy (non-hydrogen) atoms. The summed E-state index contributed by atoms with van der Waals surface area (Å²) in [6.07, 6.45) is 10.6.